The first-order valence-corrected chi connectivity index (χ1v) is 7.41. The Morgan fingerprint density at radius 3 is 2.87 bits per heavy atom. The number of nitrogens with two attached hydrogens (primary N) is 1. The van der Waals surface area contributed by atoms with E-state index in [2.05, 4.69) is 23.7 Å². The van der Waals surface area contributed by atoms with Crippen LogP contribution in [0.1, 0.15) is 24.9 Å². The predicted octanol–water partition coefficient (Wildman–Crippen LogP) is 1.08. The molecule has 1 unspecified atom stereocenters. The van der Waals surface area contributed by atoms with Gasteiger partial charge in [0.25, 0.3) is 0 Å². The molecule has 1 rings (SSSR count). The van der Waals surface area contributed by atoms with E-state index in [0.717, 1.165) is 0 Å². The lowest BCUT2D eigenvalue weighted by molar-refractivity contribution is 0.561. The molecule has 1 heterocycles. The van der Waals surface area contributed by atoms with Crippen molar-refractivity contribution in [2.24, 2.45) is 5.14 Å². The van der Waals surface area contributed by atoms with Crippen molar-refractivity contribution in [2.75, 3.05) is 12.3 Å². The molecule has 0 aromatic carbocycles. The summed E-state index contributed by atoms with van der Waals surface area (Å²) in [5.74, 6) is 0.0381. The largest absolute Gasteiger partial charge is 0.310 e. The Bertz CT molecular complexity index is 373. The second kappa shape index (κ2) is 5.60. The quantitative estimate of drug-likeness (QED) is 0.740. The van der Waals surface area contributed by atoms with Gasteiger partial charge >= 0.3 is 0 Å². The molecule has 6 heteroatoms. The highest BCUT2D eigenvalue weighted by Gasteiger charge is 2.06. The summed E-state index contributed by atoms with van der Waals surface area (Å²) in [6.07, 6.45) is 0.549. The van der Waals surface area contributed by atoms with Crippen molar-refractivity contribution in [3.63, 3.8) is 0 Å². The van der Waals surface area contributed by atoms with Gasteiger partial charge < -0.3 is 5.32 Å². The summed E-state index contributed by atoms with van der Waals surface area (Å²) in [4.78, 5) is 0. The molecule has 0 saturated carbocycles. The van der Waals surface area contributed by atoms with E-state index in [1.165, 1.54) is 5.56 Å². The van der Waals surface area contributed by atoms with Crippen LogP contribution in [0.3, 0.4) is 0 Å². The maximum absolute atomic E-state index is 10.7. The number of rotatable bonds is 6. The van der Waals surface area contributed by atoms with Crippen molar-refractivity contribution < 1.29 is 8.42 Å². The molecule has 4 nitrogen and oxygen atoms in total. The topological polar surface area (TPSA) is 72.2 Å². The van der Waals surface area contributed by atoms with Crippen molar-refractivity contribution in [1.82, 2.24) is 5.32 Å². The molecule has 0 spiro atoms. The highest BCUT2D eigenvalue weighted by atomic mass is 32.2. The van der Waals surface area contributed by atoms with Crippen molar-refractivity contribution in [3.05, 3.63) is 22.4 Å². The average Bonchev–Trinajstić information content (AvgIpc) is 2.63. The van der Waals surface area contributed by atoms with E-state index in [0.29, 0.717) is 13.0 Å². The van der Waals surface area contributed by atoms with E-state index in [9.17, 15) is 8.42 Å². The third kappa shape index (κ3) is 5.27. The van der Waals surface area contributed by atoms with Gasteiger partial charge in [-0.25, -0.2) is 13.6 Å². The molecule has 0 aliphatic rings. The van der Waals surface area contributed by atoms with Crippen LogP contribution >= 0.6 is 11.3 Å². The lowest BCUT2D eigenvalue weighted by Crippen LogP contribution is -2.24. The van der Waals surface area contributed by atoms with Gasteiger partial charge in [0, 0.05) is 6.04 Å². The molecule has 15 heavy (non-hydrogen) atoms. The maximum atomic E-state index is 10.7. The highest BCUT2D eigenvalue weighted by molar-refractivity contribution is 7.89. The number of primary sulfonamides is 1. The van der Waals surface area contributed by atoms with Gasteiger partial charge in [-0.15, -0.1) is 0 Å². The highest BCUT2D eigenvalue weighted by Crippen LogP contribution is 2.15. The molecule has 0 aliphatic carbocycles. The van der Waals surface area contributed by atoms with E-state index in [4.69, 9.17) is 5.14 Å². The molecule has 0 fully saturated rings. The second-order valence-electron chi connectivity index (χ2n) is 3.45. The summed E-state index contributed by atoms with van der Waals surface area (Å²) in [5, 5.41) is 12.2. The number of hydrogen-bond acceptors (Lipinski definition) is 4. The fourth-order valence-electron chi connectivity index (χ4n) is 1.23. The van der Waals surface area contributed by atoms with Gasteiger partial charge in [-0.3, -0.25) is 0 Å². The zero-order valence-electron chi connectivity index (χ0n) is 8.64. The van der Waals surface area contributed by atoms with Crippen molar-refractivity contribution >= 4 is 21.4 Å². The van der Waals surface area contributed by atoms with Gasteiger partial charge in [0.2, 0.25) is 10.0 Å². The SMILES string of the molecule is CC(NCCCS(N)(=O)=O)c1ccsc1. The molecule has 0 bridgehead atoms. The molecule has 1 atom stereocenters. The summed E-state index contributed by atoms with van der Waals surface area (Å²) in [6, 6.07) is 2.32. The number of sulfonamides is 1. The summed E-state index contributed by atoms with van der Waals surface area (Å²) in [7, 11) is -3.31. The van der Waals surface area contributed by atoms with Gasteiger partial charge in [0.1, 0.15) is 0 Å². The van der Waals surface area contributed by atoms with Crippen LogP contribution in [-0.4, -0.2) is 20.7 Å². The van der Waals surface area contributed by atoms with E-state index in [-0.39, 0.29) is 11.8 Å². The van der Waals surface area contributed by atoms with E-state index in [1.54, 1.807) is 11.3 Å². The minimum atomic E-state index is -3.31. The van der Waals surface area contributed by atoms with Crippen LogP contribution in [0.15, 0.2) is 16.8 Å². The molecule has 0 aliphatic heterocycles. The third-order valence-corrected chi connectivity index (χ3v) is 3.66. The molecule has 0 amide bonds. The third-order valence-electron chi connectivity index (χ3n) is 2.10. The van der Waals surface area contributed by atoms with Crippen molar-refractivity contribution in [1.29, 1.82) is 0 Å². The minimum absolute atomic E-state index is 0.0381. The number of thiophene rings is 1. The molecule has 0 saturated heterocycles. The lowest BCUT2D eigenvalue weighted by Gasteiger charge is -2.11. The van der Waals surface area contributed by atoms with Gasteiger partial charge in [-0.1, -0.05) is 0 Å². The van der Waals surface area contributed by atoms with Crippen LogP contribution in [-0.2, 0) is 10.0 Å². The fraction of sp³-hybridized carbons (Fsp3) is 0.556. The molecular formula is C9H16N2O2S2. The first-order chi connectivity index (χ1) is 6.99. The van der Waals surface area contributed by atoms with Crippen molar-refractivity contribution in [3.8, 4) is 0 Å². The average molecular weight is 248 g/mol. The molecule has 0 radical (unpaired) electrons. The standard InChI is InChI=1S/C9H16N2O2S2/c1-8(9-3-5-14-7-9)11-4-2-6-15(10,12)13/h3,5,7-8,11H,2,4,6H2,1H3,(H2,10,12,13). The minimum Gasteiger partial charge on any atom is -0.310 e. The van der Waals surface area contributed by atoms with Crippen LogP contribution < -0.4 is 10.5 Å². The zero-order chi connectivity index (χ0) is 11.3. The normalized spacial score (nSPS) is 14.0. The Hall–Kier alpha value is -0.430. The molecule has 3 N–H and O–H groups in total. The van der Waals surface area contributed by atoms with E-state index in [1.807, 2.05) is 5.38 Å². The van der Waals surface area contributed by atoms with Crippen LogP contribution in [0, 0.1) is 0 Å². The monoisotopic (exact) mass is 248 g/mol. The van der Waals surface area contributed by atoms with Crippen molar-refractivity contribution in [2.45, 2.75) is 19.4 Å². The summed E-state index contributed by atoms with van der Waals surface area (Å²) < 4.78 is 21.3. The Balaban J connectivity index is 2.21. The molecule has 86 valence electrons. The summed E-state index contributed by atoms with van der Waals surface area (Å²) in [6.45, 7) is 2.71. The Kier molecular flexibility index (Phi) is 4.72. The summed E-state index contributed by atoms with van der Waals surface area (Å²) in [5.41, 5.74) is 1.23. The van der Waals surface area contributed by atoms with Crippen LogP contribution in [0.4, 0.5) is 0 Å². The lowest BCUT2D eigenvalue weighted by atomic mass is 10.2. The zero-order valence-corrected chi connectivity index (χ0v) is 10.3. The molecule has 1 aromatic rings. The Morgan fingerprint density at radius 2 is 2.33 bits per heavy atom. The first kappa shape index (κ1) is 12.6. The molecular weight excluding hydrogens is 232 g/mol. The van der Waals surface area contributed by atoms with Crippen LogP contribution in [0.25, 0.3) is 0 Å². The van der Waals surface area contributed by atoms with E-state index < -0.39 is 10.0 Å². The smallest absolute Gasteiger partial charge is 0.209 e. The van der Waals surface area contributed by atoms with Gasteiger partial charge in [-0.05, 0) is 42.3 Å². The first-order valence-electron chi connectivity index (χ1n) is 4.75. The van der Waals surface area contributed by atoms with Gasteiger partial charge in [-0.2, -0.15) is 11.3 Å². The summed E-state index contributed by atoms with van der Waals surface area (Å²) >= 11 is 1.66. The van der Waals surface area contributed by atoms with Crippen LogP contribution in [0.5, 0.6) is 0 Å². The van der Waals surface area contributed by atoms with Gasteiger partial charge in [0.05, 0.1) is 5.75 Å². The fourth-order valence-corrected chi connectivity index (χ4v) is 2.53. The predicted molar refractivity (Wildman–Crippen MR) is 63.3 cm³/mol. The second-order valence-corrected chi connectivity index (χ2v) is 5.97. The van der Waals surface area contributed by atoms with Crippen LogP contribution in [0.2, 0.25) is 0 Å². The van der Waals surface area contributed by atoms with E-state index >= 15 is 0 Å². The van der Waals surface area contributed by atoms with Gasteiger partial charge in [0.15, 0.2) is 0 Å². The number of nitrogens with one attached hydrogen (secondary N) is 1. The Morgan fingerprint density at radius 1 is 1.60 bits per heavy atom. The maximum Gasteiger partial charge on any atom is 0.209 e. The Labute approximate surface area is 94.5 Å². The number of hydrogen-bond donors (Lipinski definition) is 2. The molecule has 1 aromatic heterocycles.